The summed E-state index contributed by atoms with van der Waals surface area (Å²) in [4.78, 5) is 30.4. The third kappa shape index (κ3) is 3.63. The highest BCUT2D eigenvalue weighted by atomic mass is 32.1. The number of nitrogens with one attached hydrogen (secondary N) is 1. The van der Waals surface area contributed by atoms with E-state index in [0.29, 0.717) is 10.8 Å². The van der Waals surface area contributed by atoms with Crippen LogP contribution < -0.4 is 10.2 Å². The molecule has 1 atom stereocenters. The number of halogens is 2. The predicted molar refractivity (Wildman–Crippen MR) is 103 cm³/mol. The molecule has 0 saturated carbocycles. The summed E-state index contributed by atoms with van der Waals surface area (Å²) in [5.41, 5.74) is 1.53. The lowest BCUT2D eigenvalue weighted by atomic mass is 10.1. The third-order valence-corrected chi connectivity index (χ3v) is 5.27. The molecule has 0 aliphatic carbocycles. The summed E-state index contributed by atoms with van der Waals surface area (Å²) in [6.07, 6.45) is 0.0103. The van der Waals surface area contributed by atoms with E-state index in [1.165, 1.54) is 40.5 Å². The molecule has 0 radical (unpaired) electrons. The van der Waals surface area contributed by atoms with Crippen molar-refractivity contribution < 1.29 is 18.4 Å². The lowest BCUT2D eigenvalue weighted by molar-refractivity contribution is -0.122. The largest absolute Gasteiger partial charge is 0.309 e. The highest BCUT2D eigenvalue weighted by Gasteiger charge is 2.36. The van der Waals surface area contributed by atoms with Crippen molar-refractivity contribution in [3.63, 3.8) is 0 Å². The Morgan fingerprint density at radius 3 is 2.64 bits per heavy atom. The molecule has 2 amide bonds. The highest BCUT2D eigenvalue weighted by Crippen LogP contribution is 2.29. The molecule has 1 saturated heterocycles. The summed E-state index contributed by atoms with van der Waals surface area (Å²) in [5, 5.41) is 4.86. The van der Waals surface area contributed by atoms with Gasteiger partial charge in [0.15, 0.2) is 5.13 Å². The van der Waals surface area contributed by atoms with E-state index in [-0.39, 0.29) is 36.3 Å². The lowest BCUT2D eigenvalue weighted by Crippen LogP contribution is -2.28. The minimum Gasteiger partial charge on any atom is -0.309 e. The van der Waals surface area contributed by atoms with Gasteiger partial charge in [0.2, 0.25) is 11.8 Å². The van der Waals surface area contributed by atoms with Crippen molar-refractivity contribution in [1.82, 2.24) is 4.98 Å². The van der Waals surface area contributed by atoms with Gasteiger partial charge in [-0.25, -0.2) is 13.8 Å². The molecule has 0 spiro atoms. The second-order valence-electron chi connectivity index (χ2n) is 6.39. The first-order chi connectivity index (χ1) is 13.5. The van der Waals surface area contributed by atoms with Gasteiger partial charge in [-0.05, 0) is 36.4 Å². The van der Waals surface area contributed by atoms with Crippen molar-refractivity contribution in [2.24, 2.45) is 5.92 Å². The molecule has 4 rings (SSSR count). The van der Waals surface area contributed by atoms with Gasteiger partial charge in [-0.3, -0.25) is 9.59 Å². The maximum atomic E-state index is 14.0. The molecule has 142 valence electrons. The minimum absolute atomic E-state index is 0.0103. The van der Waals surface area contributed by atoms with Crippen LogP contribution in [-0.4, -0.2) is 23.3 Å². The maximum absolute atomic E-state index is 14.0. The fraction of sp³-hybridized carbons (Fsp3) is 0.150. The molecule has 0 unspecified atom stereocenters. The molecule has 0 bridgehead atoms. The Balaban J connectivity index is 1.44. The summed E-state index contributed by atoms with van der Waals surface area (Å²) in [7, 11) is 0. The number of carbonyl (C=O) groups excluding carboxylic acids is 2. The van der Waals surface area contributed by atoms with Gasteiger partial charge in [0.05, 0.1) is 17.3 Å². The highest BCUT2D eigenvalue weighted by molar-refractivity contribution is 7.14. The van der Waals surface area contributed by atoms with Crippen LogP contribution in [0, 0.1) is 17.6 Å². The fourth-order valence-electron chi connectivity index (χ4n) is 3.08. The van der Waals surface area contributed by atoms with Gasteiger partial charge in [0, 0.05) is 23.9 Å². The number of nitrogens with zero attached hydrogens (tertiary/aromatic N) is 2. The number of hydrogen-bond acceptors (Lipinski definition) is 4. The average molecular weight is 399 g/mol. The van der Waals surface area contributed by atoms with Crippen LogP contribution in [0.15, 0.2) is 53.9 Å². The van der Waals surface area contributed by atoms with E-state index in [2.05, 4.69) is 10.3 Å². The van der Waals surface area contributed by atoms with Crippen LogP contribution in [0.25, 0.3) is 11.3 Å². The lowest BCUT2D eigenvalue weighted by Gasteiger charge is -2.17. The number of para-hydroxylation sites is 1. The number of hydrogen-bond donors (Lipinski definition) is 1. The normalized spacial score (nSPS) is 16.4. The second-order valence-corrected chi connectivity index (χ2v) is 7.25. The number of thiazole rings is 1. The molecule has 1 aliphatic heterocycles. The van der Waals surface area contributed by atoms with Gasteiger partial charge in [-0.1, -0.05) is 12.1 Å². The van der Waals surface area contributed by atoms with Crippen LogP contribution in [0.5, 0.6) is 0 Å². The predicted octanol–water partition coefficient (Wildman–Crippen LogP) is 4.08. The van der Waals surface area contributed by atoms with Crippen LogP contribution in [0.2, 0.25) is 0 Å². The van der Waals surface area contributed by atoms with Gasteiger partial charge in [0.25, 0.3) is 0 Å². The first-order valence-electron chi connectivity index (χ1n) is 8.58. The molecule has 8 heteroatoms. The Labute approximate surface area is 163 Å². The number of rotatable bonds is 4. The zero-order chi connectivity index (χ0) is 19.7. The summed E-state index contributed by atoms with van der Waals surface area (Å²) < 4.78 is 27.0. The number of anilines is 2. The molecule has 1 fully saturated rings. The van der Waals surface area contributed by atoms with E-state index in [1.54, 1.807) is 29.6 Å². The van der Waals surface area contributed by atoms with E-state index in [0.717, 1.165) is 5.56 Å². The van der Waals surface area contributed by atoms with Gasteiger partial charge in [0.1, 0.15) is 11.6 Å². The van der Waals surface area contributed by atoms with Gasteiger partial charge < -0.3 is 10.2 Å². The van der Waals surface area contributed by atoms with Crippen molar-refractivity contribution in [2.75, 3.05) is 16.8 Å². The SMILES string of the molecule is O=C(Nc1nc(-c2ccc(F)cc2)cs1)[C@@H]1CC(=O)N(c2ccccc2F)C1. The molecule has 3 aromatic rings. The summed E-state index contributed by atoms with van der Waals surface area (Å²) in [5.74, 6) is -2.06. The molecule has 2 aromatic carbocycles. The van der Waals surface area contributed by atoms with E-state index in [1.807, 2.05) is 0 Å². The quantitative estimate of drug-likeness (QED) is 0.719. The topological polar surface area (TPSA) is 62.3 Å². The van der Waals surface area contributed by atoms with Gasteiger partial charge >= 0.3 is 0 Å². The van der Waals surface area contributed by atoms with Crippen molar-refractivity contribution >= 4 is 34.0 Å². The molecule has 5 nitrogen and oxygen atoms in total. The Kier molecular flexibility index (Phi) is 4.87. The molecular formula is C20H15F2N3O2S. The van der Waals surface area contributed by atoms with Gasteiger partial charge in [-0.15, -0.1) is 11.3 Å². The minimum atomic E-state index is -0.592. The smallest absolute Gasteiger partial charge is 0.231 e. The molecule has 28 heavy (non-hydrogen) atoms. The summed E-state index contributed by atoms with van der Waals surface area (Å²) >= 11 is 1.24. The molecule has 2 heterocycles. The third-order valence-electron chi connectivity index (χ3n) is 4.51. The van der Waals surface area contributed by atoms with Crippen LogP contribution in [0.4, 0.5) is 19.6 Å². The van der Waals surface area contributed by atoms with Crippen LogP contribution >= 0.6 is 11.3 Å². The second kappa shape index (κ2) is 7.47. The van der Waals surface area contributed by atoms with Crippen LogP contribution in [-0.2, 0) is 9.59 Å². The van der Waals surface area contributed by atoms with E-state index in [4.69, 9.17) is 0 Å². The Bertz CT molecular complexity index is 1040. The van der Waals surface area contributed by atoms with Crippen LogP contribution in [0.1, 0.15) is 6.42 Å². The standard InChI is InChI=1S/C20H15F2N3O2S/c21-14-7-5-12(6-8-14)16-11-28-20(23-16)24-19(27)13-9-18(26)25(10-13)17-4-2-1-3-15(17)22/h1-8,11,13H,9-10H2,(H,23,24,27)/t13-/m1/s1. The van der Waals surface area contributed by atoms with E-state index >= 15 is 0 Å². The Morgan fingerprint density at radius 2 is 1.89 bits per heavy atom. The average Bonchev–Trinajstić information content (AvgIpc) is 3.30. The zero-order valence-electron chi connectivity index (χ0n) is 14.6. The monoisotopic (exact) mass is 399 g/mol. The molecule has 1 N–H and O–H groups in total. The summed E-state index contributed by atoms with van der Waals surface area (Å²) in [6, 6.07) is 11.9. The van der Waals surface area contributed by atoms with Crippen molar-refractivity contribution in [1.29, 1.82) is 0 Å². The van der Waals surface area contributed by atoms with Gasteiger partial charge in [-0.2, -0.15) is 0 Å². The van der Waals surface area contributed by atoms with Crippen molar-refractivity contribution in [3.05, 3.63) is 65.5 Å². The van der Waals surface area contributed by atoms with E-state index in [9.17, 15) is 18.4 Å². The maximum Gasteiger partial charge on any atom is 0.231 e. The Hall–Kier alpha value is -3.13. The first-order valence-corrected chi connectivity index (χ1v) is 9.46. The first kappa shape index (κ1) is 18.2. The molecular weight excluding hydrogens is 384 g/mol. The number of aromatic nitrogens is 1. The van der Waals surface area contributed by atoms with Crippen molar-refractivity contribution in [2.45, 2.75) is 6.42 Å². The fourth-order valence-corrected chi connectivity index (χ4v) is 3.80. The van der Waals surface area contributed by atoms with E-state index < -0.39 is 11.7 Å². The number of benzene rings is 2. The van der Waals surface area contributed by atoms with Crippen LogP contribution in [0.3, 0.4) is 0 Å². The van der Waals surface area contributed by atoms with Crippen molar-refractivity contribution in [3.8, 4) is 11.3 Å². The molecule has 1 aromatic heterocycles. The molecule has 1 aliphatic rings. The zero-order valence-corrected chi connectivity index (χ0v) is 15.4. The summed E-state index contributed by atoms with van der Waals surface area (Å²) in [6.45, 7) is 0.113. The number of carbonyl (C=O) groups is 2. The Morgan fingerprint density at radius 1 is 1.14 bits per heavy atom. The number of amides is 2.